The average molecular weight is 302 g/mol. The molecule has 1 aliphatic rings. The Hall–Kier alpha value is -1.92. The molecule has 0 saturated carbocycles. The zero-order chi connectivity index (χ0) is 15.4. The topological polar surface area (TPSA) is 72.2 Å². The molecule has 2 aromatic rings. The van der Waals surface area contributed by atoms with Crippen molar-refractivity contribution in [2.45, 2.75) is 32.6 Å². The van der Waals surface area contributed by atoms with Crippen molar-refractivity contribution >= 4 is 5.82 Å². The molecule has 0 aromatic carbocycles. The van der Waals surface area contributed by atoms with E-state index in [9.17, 15) is 0 Å². The molecule has 0 spiro atoms. The van der Waals surface area contributed by atoms with Crippen LogP contribution in [0.3, 0.4) is 0 Å². The summed E-state index contributed by atoms with van der Waals surface area (Å²) < 4.78 is 7.81. The highest BCUT2D eigenvalue weighted by Crippen LogP contribution is 2.34. The summed E-state index contributed by atoms with van der Waals surface area (Å²) in [6.07, 6.45) is 6.79. The van der Waals surface area contributed by atoms with Gasteiger partial charge in [-0.3, -0.25) is 4.68 Å². The number of nitrogens with zero attached hydrogens (tertiary/aromatic N) is 3. The highest BCUT2D eigenvalue weighted by Gasteiger charge is 2.30. The van der Waals surface area contributed by atoms with Crippen LogP contribution in [0.15, 0.2) is 30.7 Å². The smallest absolute Gasteiger partial charge is 0.125 e. The van der Waals surface area contributed by atoms with Crippen LogP contribution in [0, 0.1) is 5.92 Å². The van der Waals surface area contributed by atoms with Gasteiger partial charge in [-0.2, -0.15) is 5.10 Å². The Labute approximate surface area is 130 Å². The van der Waals surface area contributed by atoms with Crippen LogP contribution < -0.4 is 5.32 Å². The number of pyridine rings is 1. The fraction of sp³-hybridized carbons (Fsp3) is 0.500. The Morgan fingerprint density at radius 3 is 3.00 bits per heavy atom. The molecule has 2 atom stereocenters. The Morgan fingerprint density at radius 1 is 1.41 bits per heavy atom. The summed E-state index contributed by atoms with van der Waals surface area (Å²) in [7, 11) is 0. The number of ether oxygens (including phenoxy) is 1. The van der Waals surface area contributed by atoms with Crippen molar-refractivity contribution in [1.29, 1.82) is 0 Å². The molecule has 1 saturated heterocycles. The third-order valence-corrected chi connectivity index (χ3v) is 4.07. The molecule has 0 unspecified atom stereocenters. The van der Waals surface area contributed by atoms with Crippen LogP contribution in [0.2, 0.25) is 0 Å². The molecule has 0 aliphatic carbocycles. The Bertz CT molecular complexity index is 596. The molecule has 2 N–H and O–H groups in total. The largest absolute Gasteiger partial charge is 0.392 e. The number of aryl methyl sites for hydroxylation is 1. The van der Waals surface area contributed by atoms with E-state index in [2.05, 4.69) is 28.5 Å². The van der Waals surface area contributed by atoms with Gasteiger partial charge < -0.3 is 15.2 Å². The van der Waals surface area contributed by atoms with E-state index in [1.807, 2.05) is 23.0 Å². The van der Waals surface area contributed by atoms with Crippen LogP contribution in [-0.2, 0) is 17.9 Å². The Kier molecular flexibility index (Phi) is 4.70. The van der Waals surface area contributed by atoms with E-state index in [-0.39, 0.29) is 12.7 Å². The first-order valence-corrected chi connectivity index (χ1v) is 7.73. The summed E-state index contributed by atoms with van der Waals surface area (Å²) >= 11 is 0. The van der Waals surface area contributed by atoms with Crippen molar-refractivity contribution in [1.82, 2.24) is 14.8 Å². The van der Waals surface area contributed by atoms with Crippen molar-refractivity contribution < 1.29 is 9.84 Å². The van der Waals surface area contributed by atoms with Gasteiger partial charge in [-0.1, -0.05) is 6.07 Å². The molecule has 118 valence electrons. The highest BCUT2D eigenvalue weighted by atomic mass is 16.5. The summed E-state index contributed by atoms with van der Waals surface area (Å²) in [6.45, 7) is 4.57. The number of hydrogen-bond donors (Lipinski definition) is 2. The standard InChI is InChI=1S/C16H22N4O2/c1-2-20-10-14(9-19-20)16-13(5-6-22-16)8-18-15-4-3-12(11-21)7-17-15/h3-4,7,9-10,13,16,21H,2,5-6,8,11H2,1H3,(H,17,18)/t13-,16+/m1/s1. The first-order valence-electron chi connectivity index (χ1n) is 7.73. The molecule has 0 bridgehead atoms. The van der Waals surface area contributed by atoms with E-state index in [0.717, 1.165) is 43.1 Å². The van der Waals surface area contributed by atoms with Crippen molar-refractivity contribution in [3.63, 3.8) is 0 Å². The number of nitrogens with one attached hydrogen (secondary N) is 1. The number of hydrogen-bond acceptors (Lipinski definition) is 5. The number of anilines is 1. The van der Waals surface area contributed by atoms with Gasteiger partial charge in [0.1, 0.15) is 5.82 Å². The average Bonchev–Trinajstić information content (AvgIpc) is 3.21. The van der Waals surface area contributed by atoms with Gasteiger partial charge >= 0.3 is 0 Å². The van der Waals surface area contributed by atoms with E-state index in [1.54, 1.807) is 6.20 Å². The van der Waals surface area contributed by atoms with E-state index in [1.165, 1.54) is 0 Å². The summed E-state index contributed by atoms with van der Waals surface area (Å²) in [6, 6.07) is 3.77. The highest BCUT2D eigenvalue weighted by molar-refractivity contribution is 5.35. The molecule has 0 radical (unpaired) electrons. The summed E-state index contributed by atoms with van der Waals surface area (Å²) in [5.74, 6) is 1.24. The molecule has 6 nitrogen and oxygen atoms in total. The molecule has 3 heterocycles. The van der Waals surface area contributed by atoms with Crippen LogP contribution in [0.25, 0.3) is 0 Å². The van der Waals surface area contributed by atoms with Crippen LogP contribution in [-0.4, -0.2) is 33.0 Å². The lowest BCUT2D eigenvalue weighted by Gasteiger charge is -2.18. The van der Waals surface area contributed by atoms with Crippen molar-refractivity contribution in [2.75, 3.05) is 18.5 Å². The van der Waals surface area contributed by atoms with Gasteiger partial charge in [-0.05, 0) is 25.0 Å². The predicted molar refractivity (Wildman–Crippen MR) is 83.4 cm³/mol. The van der Waals surface area contributed by atoms with Gasteiger partial charge in [0.15, 0.2) is 0 Å². The summed E-state index contributed by atoms with van der Waals surface area (Å²) in [5.41, 5.74) is 1.97. The van der Waals surface area contributed by atoms with Crippen LogP contribution in [0.4, 0.5) is 5.82 Å². The first kappa shape index (κ1) is 15.0. The SMILES string of the molecule is CCn1cc([C@H]2OCC[C@@H]2CNc2ccc(CO)cn2)cn1. The zero-order valence-corrected chi connectivity index (χ0v) is 12.8. The van der Waals surface area contributed by atoms with Crippen LogP contribution in [0.5, 0.6) is 0 Å². The van der Waals surface area contributed by atoms with E-state index >= 15 is 0 Å². The monoisotopic (exact) mass is 302 g/mol. The van der Waals surface area contributed by atoms with Gasteiger partial charge in [0.05, 0.1) is 18.9 Å². The normalized spacial score (nSPS) is 21.2. The maximum absolute atomic E-state index is 9.03. The Balaban J connectivity index is 1.60. The lowest BCUT2D eigenvalue weighted by molar-refractivity contribution is 0.0932. The number of aliphatic hydroxyl groups is 1. The van der Waals surface area contributed by atoms with Gasteiger partial charge in [-0.15, -0.1) is 0 Å². The predicted octanol–water partition coefficient (Wildman–Crippen LogP) is 1.98. The van der Waals surface area contributed by atoms with Crippen molar-refractivity contribution in [2.24, 2.45) is 5.92 Å². The first-order chi connectivity index (χ1) is 10.8. The van der Waals surface area contributed by atoms with Gasteiger partial charge in [-0.25, -0.2) is 4.98 Å². The van der Waals surface area contributed by atoms with E-state index in [0.29, 0.717) is 5.92 Å². The van der Waals surface area contributed by atoms with Crippen molar-refractivity contribution in [3.8, 4) is 0 Å². The van der Waals surface area contributed by atoms with Crippen LogP contribution in [0.1, 0.15) is 30.6 Å². The number of aromatic nitrogens is 3. The number of rotatable bonds is 6. The molecule has 2 aromatic heterocycles. The zero-order valence-electron chi connectivity index (χ0n) is 12.8. The number of aliphatic hydroxyl groups excluding tert-OH is 1. The van der Waals surface area contributed by atoms with E-state index in [4.69, 9.17) is 9.84 Å². The molecule has 1 aliphatic heterocycles. The molecule has 1 fully saturated rings. The second kappa shape index (κ2) is 6.89. The van der Waals surface area contributed by atoms with E-state index < -0.39 is 0 Å². The summed E-state index contributed by atoms with van der Waals surface area (Å²) in [5, 5.41) is 16.7. The molecule has 6 heteroatoms. The quantitative estimate of drug-likeness (QED) is 0.853. The minimum atomic E-state index is 0.0211. The fourth-order valence-corrected chi connectivity index (χ4v) is 2.77. The molecular formula is C16H22N4O2. The molecule has 22 heavy (non-hydrogen) atoms. The summed E-state index contributed by atoms with van der Waals surface area (Å²) in [4.78, 5) is 4.30. The van der Waals surface area contributed by atoms with Crippen LogP contribution >= 0.6 is 0 Å². The lowest BCUT2D eigenvalue weighted by Crippen LogP contribution is -2.18. The minimum absolute atomic E-state index is 0.0211. The van der Waals surface area contributed by atoms with Gasteiger partial charge in [0.2, 0.25) is 0 Å². The van der Waals surface area contributed by atoms with Gasteiger partial charge in [0, 0.05) is 43.6 Å². The second-order valence-corrected chi connectivity index (χ2v) is 5.56. The molecule has 3 rings (SSSR count). The fourth-order valence-electron chi connectivity index (χ4n) is 2.77. The Morgan fingerprint density at radius 2 is 2.32 bits per heavy atom. The maximum Gasteiger partial charge on any atom is 0.125 e. The maximum atomic E-state index is 9.03. The third-order valence-electron chi connectivity index (χ3n) is 4.07. The molecule has 0 amide bonds. The van der Waals surface area contributed by atoms with Crippen molar-refractivity contribution in [3.05, 3.63) is 41.9 Å². The van der Waals surface area contributed by atoms with Gasteiger partial charge in [0.25, 0.3) is 0 Å². The lowest BCUT2D eigenvalue weighted by atomic mass is 9.97. The third kappa shape index (κ3) is 3.28. The molecular weight excluding hydrogens is 280 g/mol. The minimum Gasteiger partial charge on any atom is -0.392 e. The second-order valence-electron chi connectivity index (χ2n) is 5.56.